The molecule has 0 radical (unpaired) electrons. The van der Waals surface area contributed by atoms with E-state index >= 15 is 0 Å². The van der Waals surface area contributed by atoms with Crippen LogP contribution in [0, 0.1) is 6.92 Å². The maximum absolute atomic E-state index is 6.28. The molecule has 1 aromatic carbocycles. The number of benzene rings is 1. The van der Waals surface area contributed by atoms with Crippen LogP contribution < -0.4 is 15.4 Å². The molecule has 2 rings (SSSR count). The van der Waals surface area contributed by atoms with E-state index in [0.717, 1.165) is 37.7 Å². The molecule has 1 saturated carbocycles. The summed E-state index contributed by atoms with van der Waals surface area (Å²) in [5, 5.41) is 6.76. The molecule has 0 amide bonds. The Kier molecular flexibility index (Phi) is 14.1. The Bertz CT molecular complexity index is 593. The van der Waals surface area contributed by atoms with Crippen LogP contribution >= 0.6 is 24.0 Å². The lowest BCUT2D eigenvalue weighted by molar-refractivity contribution is 0.0689. The third kappa shape index (κ3) is 10.5. The van der Waals surface area contributed by atoms with Gasteiger partial charge in [-0.2, -0.15) is 0 Å². The van der Waals surface area contributed by atoms with Crippen LogP contribution in [0.25, 0.3) is 0 Å². The second kappa shape index (κ2) is 15.7. The molecule has 7 heteroatoms. The van der Waals surface area contributed by atoms with Crippen molar-refractivity contribution in [3.05, 3.63) is 29.3 Å². The topological polar surface area (TPSA) is 64.1 Å². The molecule has 0 spiro atoms. The van der Waals surface area contributed by atoms with Gasteiger partial charge in [-0.3, -0.25) is 4.99 Å². The lowest BCUT2D eigenvalue weighted by Crippen LogP contribution is -2.37. The van der Waals surface area contributed by atoms with Gasteiger partial charge >= 0.3 is 0 Å². The Morgan fingerprint density at radius 2 is 1.90 bits per heavy atom. The Labute approximate surface area is 193 Å². The van der Waals surface area contributed by atoms with Gasteiger partial charge in [0, 0.05) is 39.4 Å². The number of aryl methyl sites for hydroxylation is 1. The highest BCUT2D eigenvalue weighted by Crippen LogP contribution is 2.27. The lowest BCUT2D eigenvalue weighted by atomic mass is 10.1. The summed E-state index contributed by atoms with van der Waals surface area (Å²) < 4.78 is 16.7. The Hall–Kier alpha value is -1.06. The molecular weight excluding hydrogens is 481 g/mol. The zero-order valence-electron chi connectivity index (χ0n) is 18.2. The van der Waals surface area contributed by atoms with Gasteiger partial charge < -0.3 is 24.8 Å². The standard InChI is InChI=1S/C22H37N3O3.HI/c1-18-10-11-19(21(16-18)28-20-8-4-5-9-20)17-25-22(23-2)24-12-6-7-13-27-15-14-26-3;/h10-11,16,20H,4-9,12-15,17H2,1-3H3,(H2,23,24,25);1H. The summed E-state index contributed by atoms with van der Waals surface area (Å²) in [7, 11) is 3.49. The van der Waals surface area contributed by atoms with Crippen molar-refractivity contribution in [2.45, 2.75) is 58.1 Å². The van der Waals surface area contributed by atoms with E-state index in [9.17, 15) is 0 Å². The number of halogens is 1. The molecule has 29 heavy (non-hydrogen) atoms. The van der Waals surface area contributed by atoms with E-state index in [4.69, 9.17) is 14.2 Å². The fourth-order valence-electron chi connectivity index (χ4n) is 3.28. The summed E-state index contributed by atoms with van der Waals surface area (Å²) in [5.41, 5.74) is 2.40. The molecule has 1 aliphatic rings. The van der Waals surface area contributed by atoms with E-state index in [1.165, 1.54) is 36.8 Å². The van der Waals surface area contributed by atoms with Gasteiger partial charge in [0.25, 0.3) is 0 Å². The first-order valence-corrected chi connectivity index (χ1v) is 10.5. The number of aliphatic imine (C=N–C) groups is 1. The summed E-state index contributed by atoms with van der Waals surface area (Å²) in [4.78, 5) is 4.32. The molecular formula is C22H38IN3O3. The first-order chi connectivity index (χ1) is 13.7. The van der Waals surface area contributed by atoms with Gasteiger partial charge in [-0.25, -0.2) is 0 Å². The highest BCUT2D eigenvalue weighted by molar-refractivity contribution is 14.0. The first kappa shape index (κ1) is 26.0. The molecule has 2 N–H and O–H groups in total. The van der Waals surface area contributed by atoms with Crippen molar-refractivity contribution in [2.75, 3.05) is 40.5 Å². The van der Waals surface area contributed by atoms with Gasteiger partial charge in [0.05, 0.1) is 19.3 Å². The Morgan fingerprint density at radius 3 is 2.62 bits per heavy atom. The van der Waals surface area contributed by atoms with Crippen LogP contribution in [0.1, 0.15) is 49.7 Å². The minimum atomic E-state index is 0. The fraction of sp³-hybridized carbons (Fsp3) is 0.682. The SMILES string of the molecule is CN=C(NCCCCOCCOC)NCc1ccc(C)cc1OC1CCCC1.I. The van der Waals surface area contributed by atoms with Crippen LogP contribution in [0.15, 0.2) is 23.2 Å². The van der Waals surface area contributed by atoms with Gasteiger partial charge in [0.2, 0.25) is 0 Å². The summed E-state index contributed by atoms with van der Waals surface area (Å²) in [6.45, 7) is 5.75. The molecule has 166 valence electrons. The minimum absolute atomic E-state index is 0. The average molecular weight is 519 g/mol. The fourth-order valence-corrected chi connectivity index (χ4v) is 3.28. The Morgan fingerprint density at radius 1 is 1.10 bits per heavy atom. The van der Waals surface area contributed by atoms with Crippen LogP contribution in [-0.2, 0) is 16.0 Å². The number of hydrogen-bond acceptors (Lipinski definition) is 4. The van der Waals surface area contributed by atoms with Gasteiger partial charge in [-0.1, -0.05) is 12.1 Å². The summed E-state index contributed by atoms with van der Waals surface area (Å²) in [6, 6.07) is 6.44. The molecule has 0 atom stereocenters. The second-order valence-electron chi connectivity index (χ2n) is 7.30. The highest BCUT2D eigenvalue weighted by Gasteiger charge is 2.18. The summed E-state index contributed by atoms with van der Waals surface area (Å²) >= 11 is 0. The number of hydrogen-bond donors (Lipinski definition) is 2. The van der Waals surface area contributed by atoms with Crippen molar-refractivity contribution >= 4 is 29.9 Å². The number of nitrogens with one attached hydrogen (secondary N) is 2. The van der Waals surface area contributed by atoms with Crippen molar-refractivity contribution in [1.29, 1.82) is 0 Å². The number of nitrogens with zero attached hydrogens (tertiary/aromatic N) is 1. The molecule has 0 bridgehead atoms. The number of methoxy groups -OCH3 is 1. The molecule has 0 saturated heterocycles. The van der Waals surface area contributed by atoms with Crippen LogP contribution in [-0.4, -0.2) is 52.6 Å². The molecule has 0 aromatic heterocycles. The minimum Gasteiger partial charge on any atom is -0.490 e. The van der Waals surface area contributed by atoms with E-state index in [-0.39, 0.29) is 24.0 Å². The zero-order valence-corrected chi connectivity index (χ0v) is 20.5. The highest BCUT2D eigenvalue weighted by atomic mass is 127. The molecule has 0 aliphatic heterocycles. The van der Waals surface area contributed by atoms with Crippen molar-refractivity contribution in [1.82, 2.24) is 10.6 Å². The predicted molar refractivity (Wildman–Crippen MR) is 130 cm³/mol. The van der Waals surface area contributed by atoms with Gasteiger partial charge in [0.15, 0.2) is 5.96 Å². The van der Waals surface area contributed by atoms with Crippen LogP contribution in [0.4, 0.5) is 0 Å². The van der Waals surface area contributed by atoms with E-state index in [1.807, 2.05) is 0 Å². The third-order valence-electron chi connectivity index (χ3n) is 4.93. The van der Waals surface area contributed by atoms with Crippen LogP contribution in [0.5, 0.6) is 5.75 Å². The summed E-state index contributed by atoms with van der Waals surface area (Å²) in [5.74, 6) is 1.82. The average Bonchev–Trinajstić information content (AvgIpc) is 3.20. The third-order valence-corrected chi connectivity index (χ3v) is 4.93. The quantitative estimate of drug-likeness (QED) is 0.189. The largest absolute Gasteiger partial charge is 0.490 e. The smallest absolute Gasteiger partial charge is 0.191 e. The first-order valence-electron chi connectivity index (χ1n) is 10.5. The molecule has 6 nitrogen and oxygen atoms in total. The number of guanidine groups is 1. The zero-order chi connectivity index (χ0) is 20.0. The van der Waals surface area contributed by atoms with Gasteiger partial charge in [0.1, 0.15) is 5.75 Å². The van der Waals surface area contributed by atoms with E-state index in [2.05, 4.69) is 40.7 Å². The van der Waals surface area contributed by atoms with Crippen LogP contribution in [0.2, 0.25) is 0 Å². The summed E-state index contributed by atoms with van der Waals surface area (Å²) in [6.07, 6.45) is 7.30. The molecule has 1 aromatic rings. The van der Waals surface area contributed by atoms with E-state index in [0.29, 0.717) is 25.9 Å². The van der Waals surface area contributed by atoms with Crippen LogP contribution in [0.3, 0.4) is 0 Å². The van der Waals surface area contributed by atoms with E-state index < -0.39 is 0 Å². The van der Waals surface area contributed by atoms with Crippen molar-refractivity contribution < 1.29 is 14.2 Å². The molecule has 0 heterocycles. The maximum atomic E-state index is 6.28. The monoisotopic (exact) mass is 519 g/mol. The predicted octanol–water partition coefficient (Wildman–Crippen LogP) is 4.04. The van der Waals surface area contributed by atoms with E-state index in [1.54, 1.807) is 14.2 Å². The molecule has 0 unspecified atom stereocenters. The Balaban J connectivity index is 0.00000420. The molecule has 1 aliphatic carbocycles. The van der Waals surface area contributed by atoms with Gasteiger partial charge in [-0.15, -0.1) is 24.0 Å². The van der Waals surface area contributed by atoms with Crippen molar-refractivity contribution in [3.8, 4) is 5.75 Å². The lowest BCUT2D eigenvalue weighted by Gasteiger charge is -2.18. The molecule has 1 fully saturated rings. The maximum Gasteiger partial charge on any atom is 0.191 e. The van der Waals surface area contributed by atoms with Crippen molar-refractivity contribution in [3.63, 3.8) is 0 Å². The number of unbranched alkanes of at least 4 members (excludes halogenated alkanes) is 1. The number of ether oxygens (including phenoxy) is 3. The van der Waals surface area contributed by atoms with Gasteiger partial charge in [-0.05, 0) is 57.1 Å². The normalized spacial score (nSPS) is 14.5. The number of rotatable bonds is 12. The van der Waals surface area contributed by atoms with Crippen molar-refractivity contribution in [2.24, 2.45) is 4.99 Å². The second-order valence-corrected chi connectivity index (χ2v) is 7.30.